The van der Waals surface area contributed by atoms with Crippen LogP contribution in [0.4, 0.5) is 5.69 Å². The Morgan fingerprint density at radius 3 is 2.15 bits per heavy atom. The molecule has 0 bridgehead atoms. The number of hydrogen-bond donors (Lipinski definition) is 1. The van der Waals surface area contributed by atoms with Gasteiger partial charge >= 0.3 is 0 Å². The maximum absolute atomic E-state index is 13.2. The number of amides is 1. The lowest BCUT2D eigenvalue weighted by Gasteiger charge is -2.10. The quantitative estimate of drug-likeness (QED) is 0.318. The lowest BCUT2D eigenvalue weighted by Crippen LogP contribution is -2.15. The molecule has 0 atom stereocenters. The maximum Gasteiger partial charge on any atom is 0.278 e. The monoisotopic (exact) mass is 458 g/mol. The van der Waals surface area contributed by atoms with E-state index in [0.717, 1.165) is 39.5 Å². The lowest BCUT2D eigenvalue weighted by atomic mass is 10.1. The van der Waals surface area contributed by atoms with Crippen molar-refractivity contribution < 1.29 is 4.79 Å². The molecule has 0 spiro atoms. The molecule has 0 saturated carbocycles. The third-order valence-corrected chi connectivity index (χ3v) is 5.89. The van der Waals surface area contributed by atoms with Crippen molar-refractivity contribution in [3.63, 3.8) is 0 Å². The summed E-state index contributed by atoms with van der Waals surface area (Å²) in [5.74, 6) is 0.148. The van der Waals surface area contributed by atoms with Gasteiger partial charge in [0.2, 0.25) is 0 Å². The van der Waals surface area contributed by atoms with Gasteiger partial charge in [-0.25, -0.2) is 14.6 Å². The third-order valence-electron chi connectivity index (χ3n) is 5.04. The molecule has 1 amide bonds. The number of carbonyl (C=O) groups is 1. The van der Waals surface area contributed by atoms with Crippen LogP contribution in [0.3, 0.4) is 0 Å². The summed E-state index contributed by atoms with van der Waals surface area (Å²) in [6, 6.07) is 15.8. The van der Waals surface area contributed by atoms with Crippen molar-refractivity contribution in [3.05, 3.63) is 88.0 Å². The van der Waals surface area contributed by atoms with Crippen LogP contribution in [0.2, 0.25) is 0 Å². The number of aromatic nitrogens is 5. The molecule has 1 N–H and O–H groups in total. The van der Waals surface area contributed by atoms with Crippen molar-refractivity contribution in [2.75, 3.05) is 5.32 Å². The molecule has 2 aromatic carbocycles. The molecule has 33 heavy (non-hydrogen) atoms. The van der Waals surface area contributed by atoms with Gasteiger partial charge in [-0.05, 0) is 76.1 Å². The second-order valence-corrected chi connectivity index (χ2v) is 9.13. The van der Waals surface area contributed by atoms with E-state index in [1.165, 1.54) is 11.8 Å². The van der Waals surface area contributed by atoms with Crippen molar-refractivity contribution >= 4 is 23.4 Å². The first kappa shape index (κ1) is 22.7. The van der Waals surface area contributed by atoms with E-state index < -0.39 is 0 Å². The van der Waals surface area contributed by atoms with Gasteiger partial charge < -0.3 is 5.32 Å². The lowest BCUT2D eigenvalue weighted by molar-refractivity contribution is 0.102. The van der Waals surface area contributed by atoms with Gasteiger partial charge in [-0.3, -0.25) is 4.79 Å². The molecule has 2 heterocycles. The summed E-state index contributed by atoms with van der Waals surface area (Å²) in [6.07, 6.45) is 0. The van der Waals surface area contributed by atoms with Crippen molar-refractivity contribution in [2.45, 2.75) is 45.5 Å². The number of hydrogen-bond acceptors (Lipinski definition) is 6. The van der Waals surface area contributed by atoms with Gasteiger partial charge in [-0.15, -0.1) is 5.10 Å². The van der Waals surface area contributed by atoms with Gasteiger partial charge in [0.25, 0.3) is 5.91 Å². The molecule has 0 unspecified atom stereocenters. The number of nitrogens with zero attached hydrogens (tertiary/aromatic N) is 5. The molecule has 4 rings (SSSR count). The summed E-state index contributed by atoms with van der Waals surface area (Å²) in [7, 11) is 0. The zero-order chi connectivity index (χ0) is 23.5. The van der Waals surface area contributed by atoms with E-state index in [1.54, 1.807) is 4.68 Å². The normalized spacial score (nSPS) is 10.9. The van der Waals surface area contributed by atoms with E-state index in [0.29, 0.717) is 16.6 Å². The highest BCUT2D eigenvalue weighted by molar-refractivity contribution is 7.98. The van der Waals surface area contributed by atoms with Crippen molar-refractivity contribution in [3.8, 4) is 5.69 Å². The Hall–Kier alpha value is -3.52. The van der Waals surface area contributed by atoms with E-state index in [2.05, 4.69) is 31.7 Å². The second kappa shape index (κ2) is 9.54. The molecule has 2 aromatic heterocycles. The molecule has 0 aliphatic carbocycles. The minimum Gasteiger partial charge on any atom is -0.321 e. The summed E-state index contributed by atoms with van der Waals surface area (Å²) in [4.78, 5) is 22.2. The number of benzene rings is 2. The first-order valence-electron chi connectivity index (χ1n) is 10.6. The average molecular weight is 459 g/mol. The van der Waals surface area contributed by atoms with Crippen LogP contribution in [0.5, 0.6) is 0 Å². The van der Waals surface area contributed by atoms with Crippen LogP contribution in [0, 0.1) is 34.6 Å². The first-order chi connectivity index (χ1) is 15.8. The number of anilines is 1. The maximum atomic E-state index is 13.2. The number of rotatable bonds is 6. The summed E-state index contributed by atoms with van der Waals surface area (Å²) in [5, 5.41) is 12.2. The fourth-order valence-corrected chi connectivity index (χ4v) is 4.57. The molecule has 0 aliphatic rings. The molecule has 168 valence electrons. The standard InChI is InChI=1S/C25H26N6OS/c1-15-6-8-21(9-7-15)31-22(14-33-25-26-18(4)13-19(5)27-25)23(29-30-31)24(32)28-20-11-16(2)10-17(3)12-20/h6-13H,14H2,1-5H3,(H,28,32). The predicted molar refractivity (Wildman–Crippen MR) is 131 cm³/mol. The van der Waals surface area contributed by atoms with E-state index in [4.69, 9.17) is 0 Å². The van der Waals surface area contributed by atoms with Crippen molar-refractivity contribution in [2.24, 2.45) is 0 Å². The predicted octanol–water partition coefficient (Wildman–Crippen LogP) is 5.14. The molecule has 0 radical (unpaired) electrons. The minimum absolute atomic E-state index is 0.284. The third kappa shape index (κ3) is 5.46. The Morgan fingerprint density at radius 1 is 0.879 bits per heavy atom. The van der Waals surface area contributed by atoms with Gasteiger partial charge in [0.05, 0.1) is 11.4 Å². The Balaban J connectivity index is 1.68. The van der Waals surface area contributed by atoms with Gasteiger partial charge in [0.15, 0.2) is 10.9 Å². The van der Waals surface area contributed by atoms with Gasteiger partial charge in [0.1, 0.15) is 0 Å². The molecule has 8 heteroatoms. The highest BCUT2D eigenvalue weighted by Crippen LogP contribution is 2.25. The van der Waals surface area contributed by atoms with Gasteiger partial charge in [-0.2, -0.15) is 0 Å². The second-order valence-electron chi connectivity index (χ2n) is 8.18. The first-order valence-corrected chi connectivity index (χ1v) is 11.6. The summed E-state index contributed by atoms with van der Waals surface area (Å²) >= 11 is 1.46. The SMILES string of the molecule is Cc1ccc(-n2nnc(C(=O)Nc3cc(C)cc(C)c3)c2CSc2nc(C)cc(C)n2)cc1. The van der Waals surface area contributed by atoms with E-state index in [-0.39, 0.29) is 11.6 Å². The minimum atomic E-state index is -0.296. The van der Waals surface area contributed by atoms with Crippen LogP contribution in [0.25, 0.3) is 5.69 Å². The number of carbonyl (C=O) groups excluding carboxylic acids is 1. The fraction of sp³-hybridized carbons (Fsp3) is 0.240. The van der Waals surface area contributed by atoms with Crippen molar-refractivity contribution in [1.82, 2.24) is 25.0 Å². The van der Waals surface area contributed by atoms with Crippen LogP contribution in [-0.4, -0.2) is 30.9 Å². The topological polar surface area (TPSA) is 85.6 Å². The van der Waals surface area contributed by atoms with Crippen LogP contribution in [0.1, 0.15) is 44.3 Å². The van der Waals surface area contributed by atoms with Crippen LogP contribution in [0.15, 0.2) is 53.7 Å². The van der Waals surface area contributed by atoms with Crippen LogP contribution >= 0.6 is 11.8 Å². The zero-order valence-corrected chi connectivity index (χ0v) is 20.2. The van der Waals surface area contributed by atoms with Gasteiger partial charge in [0, 0.05) is 22.8 Å². The number of nitrogens with one attached hydrogen (secondary N) is 1. The van der Waals surface area contributed by atoms with E-state index >= 15 is 0 Å². The highest BCUT2D eigenvalue weighted by Gasteiger charge is 2.22. The smallest absolute Gasteiger partial charge is 0.278 e. The van der Waals surface area contributed by atoms with Crippen molar-refractivity contribution in [1.29, 1.82) is 0 Å². The highest BCUT2D eigenvalue weighted by atomic mass is 32.2. The molecule has 0 aliphatic heterocycles. The largest absolute Gasteiger partial charge is 0.321 e. The molecule has 7 nitrogen and oxygen atoms in total. The van der Waals surface area contributed by atoms with Crippen LogP contribution in [-0.2, 0) is 5.75 Å². The fourth-order valence-electron chi connectivity index (χ4n) is 3.63. The average Bonchev–Trinajstić information content (AvgIpc) is 3.15. The Labute approximate surface area is 197 Å². The summed E-state index contributed by atoms with van der Waals surface area (Å²) in [5.41, 5.74) is 7.67. The zero-order valence-electron chi connectivity index (χ0n) is 19.4. The Kier molecular flexibility index (Phi) is 6.55. The Bertz CT molecular complexity index is 1270. The molecular weight excluding hydrogens is 432 g/mol. The summed E-state index contributed by atoms with van der Waals surface area (Å²) in [6.45, 7) is 9.92. The molecule has 4 aromatic rings. The Morgan fingerprint density at radius 2 is 1.52 bits per heavy atom. The molecule has 0 saturated heterocycles. The summed E-state index contributed by atoms with van der Waals surface area (Å²) < 4.78 is 1.71. The molecular formula is C25H26N6OS. The van der Waals surface area contributed by atoms with Crippen LogP contribution < -0.4 is 5.32 Å². The van der Waals surface area contributed by atoms with E-state index in [1.807, 2.05) is 77.1 Å². The van der Waals surface area contributed by atoms with E-state index in [9.17, 15) is 4.79 Å². The number of aryl methyl sites for hydroxylation is 5. The van der Waals surface area contributed by atoms with Gasteiger partial charge in [-0.1, -0.05) is 40.7 Å². The number of thioether (sulfide) groups is 1. The molecule has 0 fully saturated rings.